The van der Waals surface area contributed by atoms with Gasteiger partial charge in [0, 0.05) is 87.8 Å². The van der Waals surface area contributed by atoms with Gasteiger partial charge < -0.3 is 18.0 Å². The summed E-state index contributed by atoms with van der Waals surface area (Å²) >= 11 is 0. The molecule has 0 N–H and O–H groups in total. The summed E-state index contributed by atoms with van der Waals surface area (Å²) in [4.78, 5) is 20.7. The summed E-state index contributed by atoms with van der Waals surface area (Å²) in [6.45, 7) is 0. The van der Waals surface area contributed by atoms with E-state index in [2.05, 4.69) is 312 Å². The highest BCUT2D eigenvalue weighted by Gasteiger charge is 2.21. The van der Waals surface area contributed by atoms with Crippen molar-refractivity contribution >= 4 is 87.5 Å². The molecule has 0 unspecified atom stereocenters. The van der Waals surface area contributed by atoms with Crippen LogP contribution in [0.25, 0.3) is 200 Å². The highest BCUT2D eigenvalue weighted by molar-refractivity contribution is 6.16. The molecule has 0 aliphatic heterocycles. The van der Waals surface area contributed by atoms with Crippen LogP contribution in [-0.2, 0) is 0 Å². The quantitative estimate of drug-likeness (QED) is 0.128. The van der Waals surface area contributed by atoms with Crippen LogP contribution in [0.5, 0.6) is 0 Å². The topological polar surface area (TPSA) is 87.7 Å². The standard InChI is InChI=1S/C52H33N3O.C46H29N3O/c1-4-13-34(14-5-1)37-24-27-48-44(30-37)45-31-38(25-28-49(45)55(48)41-19-8-3-9-20-41)36-17-12-18-40(29-36)52-53-46(35-15-6-2-7-16-35)33-47(54-52)39-23-26-43-42-21-10-11-22-50(42)56-51(43)32-39;1-3-13-30(14-4-1)39-29-40(32-25-26-37-36-19-8-10-24-43(36)50-44(37)28-32)48-46(47-39)33-16-11-15-31(27-33)35-21-12-23-42-45(35)38-20-7-9-22-41(38)49(42)34-17-5-2-6-18-34/h1-33H;1-29H. The van der Waals surface area contributed by atoms with Crippen LogP contribution in [0.15, 0.2) is 385 Å². The predicted octanol–water partition coefficient (Wildman–Crippen LogP) is 25.9. The van der Waals surface area contributed by atoms with Gasteiger partial charge in [0.2, 0.25) is 0 Å². The van der Waals surface area contributed by atoms with Gasteiger partial charge in [-0.2, -0.15) is 0 Å². The van der Waals surface area contributed by atoms with E-state index < -0.39 is 0 Å². The monoisotopic (exact) mass is 1350 g/mol. The van der Waals surface area contributed by atoms with Gasteiger partial charge in [-0.3, -0.25) is 0 Å². The minimum Gasteiger partial charge on any atom is -0.456 e. The third-order valence-electron chi connectivity index (χ3n) is 20.4. The van der Waals surface area contributed by atoms with Crippen LogP contribution < -0.4 is 0 Å². The molecule has 8 heteroatoms. The fourth-order valence-corrected chi connectivity index (χ4v) is 15.4. The maximum absolute atomic E-state index is 6.28. The summed E-state index contributed by atoms with van der Waals surface area (Å²) in [5, 5.41) is 9.27. The molecule has 21 rings (SSSR count). The lowest BCUT2D eigenvalue weighted by Crippen LogP contribution is -1.96. The van der Waals surface area contributed by atoms with E-state index in [9.17, 15) is 0 Å². The normalized spacial score (nSPS) is 11.6. The lowest BCUT2D eigenvalue weighted by Gasteiger charge is -2.11. The summed E-state index contributed by atoms with van der Waals surface area (Å²) in [6, 6.07) is 132. The number of para-hydroxylation sites is 5. The maximum Gasteiger partial charge on any atom is 0.160 e. The Morgan fingerprint density at radius 1 is 0.189 bits per heavy atom. The van der Waals surface area contributed by atoms with Crippen LogP contribution >= 0.6 is 0 Å². The number of nitrogens with zero attached hydrogens (tertiary/aromatic N) is 6. The molecule has 6 heterocycles. The molecule has 0 radical (unpaired) electrons. The Balaban J connectivity index is 0.000000141. The molecule has 0 fully saturated rings. The fourth-order valence-electron chi connectivity index (χ4n) is 15.4. The van der Waals surface area contributed by atoms with Crippen molar-refractivity contribution in [2.75, 3.05) is 0 Å². The Hall–Kier alpha value is -14.3. The molecule has 21 aromatic rings. The van der Waals surface area contributed by atoms with Crippen LogP contribution in [0, 0.1) is 0 Å². The van der Waals surface area contributed by atoms with Crippen molar-refractivity contribution in [3.63, 3.8) is 0 Å². The summed E-state index contributed by atoms with van der Waals surface area (Å²) in [6.07, 6.45) is 0. The zero-order chi connectivity index (χ0) is 70.0. The van der Waals surface area contributed by atoms with Gasteiger partial charge in [0.25, 0.3) is 0 Å². The van der Waals surface area contributed by atoms with E-state index in [4.69, 9.17) is 28.8 Å². The van der Waals surface area contributed by atoms with Gasteiger partial charge in [0.1, 0.15) is 22.3 Å². The number of rotatable bonds is 11. The first-order valence-corrected chi connectivity index (χ1v) is 35.7. The van der Waals surface area contributed by atoms with E-state index in [-0.39, 0.29) is 0 Å². The van der Waals surface area contributed by atoms with E-state index in [1.54, 1.807) is 0 Å². The van der Waals surface area contributed by atoms with Crippen molar-refractivity contribution in [3.05, 3.63) is 376 Å². The first-order valence-electron chi connectivity index (χ1n) is 35.7. The molecule has 106 heavy (non-hydrogen) atoms. The van der Waals surface area contributed by atoms with Crippen LogP contribution in [0.4, 0.5) is 0 Å². The van der Waals surface area contributed by atoms with Crippen LogP contribution in [0.3, 0.4) is 0 Å². The Morgan fingerprint density at radius 3 is 1.07 bits per heavy atom. The van der Waals surface area contributed by atoms with Gasteiger partial charge in [-0.25, -0.2) is 19.9 Å². The summed E-state index contributed by atoms with van der Waals surface area (Å²) in [7, 11) is 0. The van der Waals surface area contributed by atoms with Gasteiger partial charge in [-0.05, 0) is 155 Å². The zero-order valence-electron chi connectivity index (χ0n) is 57.3. The van der Waals surface area contributed by atoms with Crippen molar-refractivity contribution in [1.29, 1.82) is 0 Å². The zero-order valence-corrected chi connectivity index (χ0v) is 57.3. The van der Waals surface area contributed by atoms with Crippen LogP contribution in [0.2, 0.25) is 0 Å². The van der Waals surface area contributed by atoms with Gasteiger partial charge in [-0.1, -0.05) is 255 Å². The Labute approximate surface area is 610 Å². The number of benzene rings is 15. The number of hydrogen-bond donors (Lipinski definition) is 0. The van der Waals surface area contributed by atoms with Crippen molar-refractivity contribution in [3.8, 4) is 113 Å². The molecule has 496 valence electrons. The molecule has 0 atom stereocenters. The van der Waals surface area contributed by atoms with Gasteiger partial charge in [-0.15, -0.1) is 0 Å². The second-order valence-corrected chi connectivity index (χ2v) is 26.8. The first-order chi connectivity index (χ1) is 52.5. The van der Waals surface area contributed by atoms with E-state index >= 15 is 0 Å². The van der Waals surface area contributed by atoms with E-state index in [0.717, 1.165) is 128 Å². The summed E-state index contributed by atoms with van der Waals surface area (Å²) < 4.78 is 17.3. The summed E-state index contributed by atoms with van der Waals surface area (Å²) in [5.74, 6) is 1.34. The third-order valence-corrected chi connectivity index (χ3v) is 20.4. The predicted molar refractivity (Wildman–Crippen MR) is 436 cm³/mol. The molecular formula is C98H62N6O2. The van der Waals surface area contributed by atoms with Gasteiger partial charge >= 0.3 is 0 Å². The summed E-state index contributed by atoms with van der Waals surface area (Å²) in [5.41, 5.74) is 26.7. The number of fused-ring (bicyclic) bond motifs is 12. The van der Waals surface area contributed by atoms with Crippen molar-refractivity contribution in [2.45, 2.75) is 0 Å². The third kappa shape index (κ3) is 11.0. The number of hydrogen-bond acceptors (Lipinski definition) is 6. The number of furan rings is 2. The minimum absolute atomic E-state index is 0.669. The molecule has 0 aliphatic carbocycles. The lowest BCUT2D eigenvalue weighted by molar-refractivity contribution is 0.668. The van der Waals surface area contributed by atoms with E-state index in [1.165, 1.54) is 60.3 Å². The largest absolute Gasteiger partial charge is 0.456 e. The van der Waals surface area contributed by atoms with E-state index in [0.29, 0.717) is 11.6 Å². The van der Waals surface area contributed by atoms with Crippen molar-refractivity contribution in [2.24, 2.45) is 0 Å². The number of aromatic nitrogens is 6. The Kier molecular flexibility index (Phi) is 15.0. The molecule has 0 spiro atoms. The van der Waals surface area contributed by atoms with Crippen LogP contribution in [-0.4, -0.2) is 29.1 Å². The lowest BCUT2D eigenvalue weighted by atomic mass is 9.97. The molecule has 0 aliphatic rings. The molecule has 0 saturated carbocycles. The van der Waals surface area contributed by atoms with Crippen molar-refractivity contribution < 1.29 is 8.83 Å². The Morgan fingerprint density at radius 2 is 0.538 bits per heavy atom. The maximum atomic E-state index is 6.28. The minimum atomic E-state index is 0.669. The molecule has 0 amide bonds. The van der Waals surface area contributed by atoms with E-state index in [1.807, 2.05) is 72.8 Å². The molecule has 0 bridgehead atoms. The highest BCUT2D eigenvalue weighted by atomic mass is 16.3. The van der Waals surface area contributed by atoms with Gasteiger partial charge in [0.05, 0.1) is 44.8 Å². The second-order valence-electron chi connectivity index (χ2n) is 26.8. The SMILES string of the molecule is c1ccc(-c2cc(-c3ccc4c(c3)oc3ccccc34)nc(-c3cccc(-c4cccc5c4c4ccccc4n5-c4ccccc4)c3)n2)cc1.c1ccc(-c2ccc3c(c2)c2cc(-c4cccc(-c5nc(-c6ccccc6)cc(-c6ccc7c(c6)oc6ccccc67)n5)c4)ccc2n3-c2ccccc2)cc1. The molecule has 15 aromatic carbocycles. The van der Waals surface area contributed by atoms with Gasteiger partial charge in [0.15, 0.2) is 11.6 Å². The van der Waals surface area contributed by atoms with Crippen molar-refractivity contribution in [1.82, 2.24) is 29.1 Å². The average Bonchev–Trinajstić information content (AvgIpc) is 1.58. The molecule has 8 nitrogen and oxygen atoms in total. The highest BCUT2D eigenvalue weighted by Crippen LogP contribution is 2.43. The first kappa shape index (κ1) is 61.5. The smallest absolute Gasteiger partial charge is 0.160 e. The Bertz CT molecular complexity index is 6940. The fraction of sp³-hybridized carbons (Fsp3) is 0. The molecule has 6 aromatic heterocycles. The van der Waals surface area contributed by atoms with Crippen LogP contribution in [0.1, 0.15) is 0 Å². The second kappa shape index (κ2) is 25.9. The molecular weight excluding hydrogens is 1290 g/mol. The molecule has 0 saturated heterocycles. The average molecular weight is 1360 g/mol.